The Morgan fingerprint density at radius 3 is 2.66 bits per heavy atom. The fraction of sp³-hybridized carbons (Fsp3) is 0.464. The van der Waals surface area contributed by atoms with Gasteiger partial charge in [0.05, 0.1) is 6.10 Å². The molecule has 0 spiro atoms. The molecule has 0 aliphatic carbocycles. The molecule has 1 atom stereocenters. The highest BCUT2D eigenvalue weighted by Crippen LogP contribution is 2.24. The lowest BCUT2D eigenvalue weighted by atomic mass is 10.0. The molecule has 0 unspecified atom stereocenters. The first-order valence-electron chi connectivity index (χ1n) is 12.7. The molecule has 2 saturated heterocycles. The number of benzene rings is 2. The third-order valence-corrected chi connectivity index (χ3v) is 7.06. The quantitative estimate of drug-likeness (QED) is 0.475. The van der Waals surface area contributed by atoms with Gasteiger partial charge in [-0.3, -0.25) is 4.79 Å². The van der Waals surface area contributed by atoms with Crippen LogP contribution < -0.4 is 15.4 Å². The summed E-state index contributed by atoms with van der Waals surface area (Å²) in [4.78, 5) is 12.8. The molecule has 2 N–H and O–H groups in total. The van der Waals surface area contributed by atoms with E-state index in [0.717, 1.165) is 80.9 Å². The molecule has 0 saturated carbocycles. The normalized spacial score (nSPS) is 18.7. The lowest BCUT2D eigenvalue weighted by molar-refractivity contribution is 0.0662. The van der Waals surface area contributed by atoms with Gasteiger partial charge in [0.15, 0.2) is 0 Å². The molecule has 1 amide bonds. The largest absolute Gasteiger partial charge is 0.491 e. The highest BCUT2D eigenvalue weighted by Gasteiger charge is 2.17. The summed E-state index contributed by atoms with van der Waals surface area (Å²) in [5.74, 6) is 1.31. The molecule has 3 aromatic rings. The van der Waals surface area contributed by atoms with E-state index in [1.165, 1.54) is 5.69 Å². The predicted molar refractivity (Wildman–Crippen MR) is 137 cm³/mol. The van der Waals surface area contributed by atoms with Crippen molar-refractivity contribution in [3.05, 3.63) is 59.8 Å². The van der Waals surface area contributed by atoms with E-state index in [4.69, 9.17) is 14.2 Å². The molecule has 2 aromatic carbocycles. The summed E-state index contributed by atoms with van der Waals surface area (Å²) in [5, 5.41) is 7.75. The van der Waals surface area contributed by atoms with E-state index in [-0.39, 0.29) is 12.0 Å². The minimum atomic E-state index is -0.135. The van der Waals surface area contributed by atoms with Crippen molar-refractivity contribution in [1.82, 2.24) is 9.88 Å². The molecule has 0 radical (unpaired) electrons. The van der Waals surface area contributed by atoms with Gasteiger partial charge in [0.2, 0.25) is 0 Å². The highest BCUT2D eigenvalue weighted by atomic mass is 16.5. The predicted octanol–water partition coefficient (Wildman–Crippen LogP) is 4.50. The van der Waals surface area contributed by atoms with Crippen molar-refractivity contribution in [3.63, 3.8) is 0 Å². The molecule has 5 rings (SSSR count). The summed E-state index contributed by atoms with van der Waals surface area (Å²) >= 11 is 0. The maximum absolute atomic E-state index is 12.8. The van der Waals surface area contributed by atoms with Gasteiger partial charge in [-0.2, -0.15) is 0 Å². The summed E-state index contributed by atoms with van der Waals surface area (Å²) < 4.78 is 19.1. The van der Waals surface area contributed by atoms with Gasteiger partial charge in [0.25, 0.3) is 5.91 Å². The van der Waals surface area contributed by atoms with Gasteiger partial charge in [0.1, 0.15) is 12.4 Å². The minimum absolute atomic E-state index is 0.135. The summed E-state index contributed by atoms with van der Waals surface area (Å²) in [6.07, 6.45) is 4.58. The highest BCUT2D eigenvalue weighted by molar-refractivity contribution is 6.05. The first kappa shape index (κ1) is 23.9. The molecule has 7 heteroatoms. The second kappa shape index (κ2) is 11.2. The zero-order chi connectivity index (χ0) is 24.0. The van der Waals surface area contributed by atoms with Crippen LogP contribution in [0.3, 0.4) is 0 Å². The van der Waals surface area contributed by atoms with Crippen LogP contribution >= 0.6 is 0 Å². The number of fused-ring (bicyclic) bond motifs is 1. The van der Waals surface area contributed by atoms with Crippen LogP contribution in [0.5, 0.6) is 5.75 Å². The van der Waals surface area contributed by atoms with E-state index in [1.807, 2.05) is 24.3 Å². The minimum Gasteiger partial charge on any atom is -0.491 e. The molecule has 35 heavy (non-hydrogen) atoms. The maximum atomic E-state index is 12.8. The van der Waals surface area contributed by atoms with E-state index in [1.54, 1.807) is 12.1 Å². The molecular formula is C28H35N3O4. The zero-order valence-electron chi connectivity index (χ0n) is 20.4. The number of amides is 1. The van der Waals surface area contributed by atoms with Gasteiger partial charge in [-0.25, -0.2) is 0 Å². The molecule has 1 aromatic heterocycles. The van der Waals surface area contributed by atoms with Crippen molar-refractivity contribution in [2.24, 2.45) is 13.0 Å². The summed E-state index contributed by atoms with van der Waals surface area (Å²) in [5.41, 5.74) is 3.77. The van der Waals surface area contributed by atoms with Crippen LogP contribution in [0.1, 0.15) is 41.7 Å². The van der Waals surface area contributed by atoms with Crippen molar-refractivity contribution in [1.29, 1.82) is 0 Å². The van der Waals surface area contributed by atoms with Crippen LogP contribution in [0, 0.1) is 5.92 Å². The van der Waals surface area contributed by atoms with E-state index in [0.29, 0.717) is 18.1 Å². The number of carbonyl (C=O) groups excluding carboxylic acids is 1. The number of hydrogen-bond acceptors (Lipinski definition) is 5. The fourth-order valence-electron chi connectivity index (χ4n) is 4.88. The molecule has 186 valence electrons. The number of anilines is 1. The lowest BCUT2D eigenvalue weighted by Gasteiger charge is -2.22. The van der Waals surface area contributed by atoms with Crippen LogP contribution in [0.25, 0.3) is 10.9 Å². The Balaban J connectivity index is 1.16. The summed E-state index contributed by atoms with van der Waals surface area (Å²) in [6.45, 7) is 4.97. The third kappa shape index (κ3) is 6.04. The number of carbonyl (C=O) groups is 1. The van der Waals surface area contributed by atoms with Crippen LogP contribution in [0.4, 0.5) is 5.69 Å². The van der Waals surface area contributed by atoms with Crippen molar-refractivity contribution in [2.75, 3.05) is 38.3 Å². The number of rotatable bonds is 9. The topological polar surface area (TPSA) is 73.8 Å². The number of nitrogens with one attached hydrogen (secondary N) is 2. The first-order valence-corrected chi connectivity index (χ1v) is 12.7. The average molecular weight is 478 g/mol. The SMILES string of the molecule is Cn1c(CNCC2CCOCC2)cc2cc(NC(=O)c3ccc(OC[C@@H]4CCCO4)cc3)ccc21. The van der Waals surface area contributed by atoms with Gasteiger partial charge in [0, 0.05) is 61.3 Å². The monoisotopic (exact) mass is 477 g/mol. The molecule has 7 nitrogen and oxygen atoms in total. The van der Waals surface area contributed by atoms with Crippen molar-refractivity contribution in [3.8, 4) is 5.75 Å². The van der Waals surface area contributed by atoms with E-state index in [2.05, 4.69) is 34.4 Å². The summed E-state index contributed by atoms with van der Waals surface area (Å²) in [6, 6.07) is 15.5. The number of aryl methyl sites for hydroxylation is 1. The van der Waals surface area contributed by atoms with Gasteiger partial charge < -0.3 is 29.4 Å². The Morgan fingerprint density at radius 1 is 1.06 bits per heavy atom. The Morgan fingerprint density at radius 2 is 1.89 bits per heavy atom. The molecule has 0 bridgehead atoms. The first-order chi connectivity index (χ1) is 17.2. The van der Waals surface area contributed by atoms with Gasteiger partial charge in [-0.15, -0.1) is 0 Å². The maximum Gasteiger partial charge on any atom is 0.255 e. The Labute approximate surface area is 206 Å². The number of aromatic nitrogens is 1. The van der Waals surface area contributed by atoms with Crippen molar-refractivity contribution in [2.45, 2.75) is 38.3 Å². The van der Waals surface area contributed by atoms with Crippen molar-refractivity contribution < 1.29 is 19.0 Å². The van der Waals surface area contributed by atoms with Crippen LogP contribution in [0.2, 0.25) is 0 Å². The average Bonchev–Trinajstić information content (AvgIpc) is 3.52. The van der Waals surface area contributed by atoms with Gasteiger partial charge in [-0.05, 0) is 86.7 Å². The number of hydrogen-bond donors (Lipinski definition) is 2. The van der Waals surface area contributed by atoms with Crippen LogP contribution in [-0.2, 0) is 23.1 Å². The smallest absolute Gasteiger partial charge is 0.255 e. The lowest BCUT2D eigenvalue weighted by Crippen LogP contribution is -2.27. The fourth-order valence-corrected chi connectivity index (χ4v) is 4.88. The second-order valence-electron chi connectivity index (χ2n) is 9.58. The van der Waals surface area contributed by atoms with E-state index in [9.17, 15) is 4.79 Å². The Hall–Kier alpha value is -2.87. The molecule has 2 aliphatic heterocycles. The second-order valence-corrected chi connectivity index (χ2v) is 9.58. The standard InChI is InChI=1S/C28H35N3O4/c1-31-24(18-29-17-20-10-13-33-14-11-20)16-22-15-23(6-9-27(22)31)30-28(32)21-4-7-25(8-5-21)35-19-26-3-2-12-34-26/h4-9,15-16,20,26,29H,2-3,10-14,17-19H2,1H3,(H,30,32)/t26-/m0/s1. The number of ether oxygens (including phenoxy) is 3. The molecule has 2 aliphatic rings. The molecule has 2 fully saturated rings. The van der Waals surface area contributed by atoms with Gasteiger partial charge >= 0.3 is 0 Å². The molecular weight excluding hydrogens is 442 g/mol. The van der Waals surface area contributed by atoms with Crippen LogP contribution in [-0.4, -0.2) is 49.6 Å². The van der Waals surface area contributed by atoms with Gasteiger partial charge in [-0.1, -0.05) is 0 Å². The third-order valence-electron chi connectivity index (χ3n) is 7.06. The Kier molecular flexibility index (Phi) is 7.66. The Bertz CT molecular complexity index is 1130. The van der Waals surface area contributed by atoms with Crippen molar-refractivity contribution >= 4 is 22.5 Å². The van der Waals surface area contributed by atoms with E-state index >= 15 is 0 Å². The zero-order valence-corrected chi connectivity index (χ0v) is 20.4. The van der Waals surface area contributed by atoms with E-state index < -0.39 is 0 Å². The summed E-state index contributed by atoms with van der Waals surface area (Å²) in [7, 11) is 2.09. The number of nitrogens with zero attached hydrogens (tertiary/aromatic N) is 1. The molecule has 3 heterocycles. The van der Waals surface area contributed by atoms with Crippen LogP contribution in [0.15, 0.2) is 48.5 Å².